The smallest absolute Gasteiger partial charge is 0.268 e. The zero-order valence-electron chi connectivity index (χ0n) is 20.3. The summed E-state index contributed by atoms with van der Waals surface area (Å²) in [6.45, 7) is 2.70. The van der Waals surface area contributed by atoms with Gasteiger partial charge < -0.3 is 14.2 Å². The average Bonchev–Trinajstić information content (AvgIpc) is 3.39. The Balaban J connectivity index is 1.31. The zero-order valence-corrected chi connectivity index (χ0v) is 21.1. The van der Waals surface area contributed by atoms with E-state index in [0.29, 0.717) is 40.4 Å². The average molecular weight is 513 g/mol. The van der Waals surface area contributed by atoms with Crippen LogP contribution < -0.4 is 19.5 Å². The minimum absolute atomic E-state index is 0.0481. The summed E-state index contributed by atoms with van der Waals surface area (Å²) in [6.07, 6.45) is 1.51. The summed E-state index contributed by atoms with van der Waals surface area (Å²) in [4.78, 5) is 12.6. The molecule has 0 fully saturated rings. The Labute approximate surface area is 218 Å². The first-order valence-corrected chi connectivity index (χ1v) is 12.2. The number of nitrogens with zero attached hydrogens (tertiary/aromatic N) is 3. The van der Waals surface area contributed by atoms with Gasteiger partial charge in [0.05, 0.1) is 7.11 Å². The number of hydrogen-bond acceptors (Lipinski definition) is 8. The second-order valence-corrected chi connectivity index (χ2v) is 8.77. The predicted octanol–water partition coefficient (Wildman–Crippen LogP) is 5.53. The Morgan fingerprint density at radius 1 is 0.973 bits per heavy atom. The van der Waals surface area contributed by atoms with E-state index in [1.807, 2.05) is 55.5 Å². The van der Waals surface area contributed by atoms with Crippen LogP contribution in [-0.4, -0.2) is 36.4 Å². The molecule has 0 saturated heterocycles. The molecule has 0 unspecified atom stereocenters. The van der Waals surface area contributed by atoms with Gasteiger partial charge in [0.25, 0.3) is 5.91 Å². The van der Waals surface area contributed by atoms with Gasteiger partial charge in [-0.2, -0.15) is 5.26 Å². The summed E-state index contributed by atoms with van der Waals surface area (Å²) < 4.78 is 16.6. The van der Waals surface area contributed by atoms with Crippen LogP contribution in [0.4, 0.5) is 5.13 Å². The molecule has 0 spiro atoms. The van der Waals surface area contributed by atoms with Crippen LogP contribution in [0.25, 0.3) is 16.6 Å². The maximum absolute atomic E-state index is 12.6. The van der Waals surface area contributed by atoms with Crippen molar-refractivity contribution >= 4 is 28.5 Å². The molecule has 0 saturated carbocycles. The number of anilines is 1. The lowest BCUT2D eigenvalue weighted by Gasteiger charge is -2.09. The molecule has 9 heteroatoms. The molecule has 0 atom stereocenters. The van der Waals surface area contributed by atoms with Gasteiger partial charge in [0, 0.05) is 11.6 Å². The van der Waals surface area contributed by atoms with Crippen molar-refractivity contribution in [3.05, 3.63) is 89.5 Å². The monoisotopic (exact) mass is 512 g/mol. The summed E-state index contributed by atoms with van der Waals surface area (Å²) in [5.74, 6) is 1.52. The molecule has 37 heavy (non-hydrogen) atoms. The summed E-state index contributed by atoms with van der Waals surface area (Å²) >= 11 is 1.25. The Hall–Kier alpha value is -4.68. The van der Waals surface area contributed by atoms with Crippen molar-refractivity contribution in [3.63, 3.8) is 0 Å². The van der Waals surface area contributed by atoms with Crippen molar-refractivity contribution in [1.82, 2.24) is 10.2 Å². The highest BCUT2D eigenvalue weighted by Gasteiger charge is 2.14. The number of ether oxygens (including phenoxy) is 3. The molecular formula is C28H24N4O4S. The van der Waals surface area contributed by atoms with Gasteiger partial charge in [-0.3, -0.25) is 10.1 Å². The molecule has 1 amide bonds. The molecule has 1 N–H and O–H groups in total. The molecule has 0 bridgehead atoms. The normalized spacial score (nSPS) is 10.9. The summed E-state index contributed by atoms with van der Waals surface area (Å²) in [6, 6.07) is 24.2. The fourth-order valence-electron chi connectivity index (χ4n) is 3.35. The Kier molecular flexibility index (Phi) is 8.47. The maximum atomic E-state index is 12.6. The second-order valence-electron chi connectivity index (χ2n) is 7.80. The lowest BCUT2D eigenvalue weighted by Crippen LogP contribution is -2.13. The lowest BCUT2D eigenvalue weighted by molar-refractivity contribution is -0.112. The van der Waals surface area contributed by atoms with E-state index in [0.717, 1.165) is 16.9 Å². The van der Waals surface area contributed by atoms with E-state index in [9.17, 15) is 10.1 Å². The second kappa shape index (κ2) is 12.3. The molecule has 3 aromatic carbocycles. The fraction of sp³-hybridized carbons (Fsp3) is 0.143. The summed E-state index contributed by atoms with van der Waals surface area (Å²) in [5, 5.41) is 21.4. The van der Waals surface area contributed by atoms with Crippen LogP contribution in [0.2, 0.25) is 0 Å². The highest BCUT2D eigenvalue weighted by molar-refractivity contribution is 7.18. The number of rotatable bonds is 10. The standard InChI is InChI=1S/C28H24N4O4S/c1-19-6-3-4-9-25(19)27-31-32-28(37-27)30-26(33)21(18-29)16-20-10-12-22(13-11-20)35-14-15-36-24-8-5-7-23(17-24)34-2/h3-13,16-17H,14-15H2,1-2H3,(H,30,32,33). The number of hydrogen-bond donors (Lipinski definition) is 1. The van der Waals surface area contributed by atoms with Crippen molar-refractivity contribution in [2.45, 2.75) is 6.92 Å². The zero-order chi connectivity index (χ0) is 26.0. The van der Waals surface area contributed by atoms with Crippen molar-refractivity contribution in [2.75, 3.05) is 25.6 Å². The van der Waals surface area contributed by atoms with Crippen LogP contribution in [0.3, 0.4) is 0 Å². The topological polar surface area (TPSA) is 106 Å². The molecular weight excluding hydrogens is 488 g/mol. The van der Waals surface area contributed by atoms with Gasteiger partial charge in [0.1, 0.15) is 47.1 Å². The van der Waals surface area contributed by atoms with E-state index >= 15 is 0 Å². The number of amides is 1. The molecule has 0 radical (unpaired) electrons. The number of aryl methyl sites for hydroxylation is 1. The van der Waals surface area contributed by atoms with Crippen LogP contribution in [0.15, 0.2) is 78.4 Å². The predicted molar refractivity (Wildman–Crippen MR) is 143 cm³/mol. The third kappa shape index (κ3) is 6.93. The molecule has 4 rings (SSSR count). The molecule has 0 aliphatic heterocycles. The van der Waals surface area contributed by atoms with E-state index in [4.69, 9.17) is 14.2 Å². The van der Waals surface area contributed by atoms with Gasteiger partial charge in [0.15, 0.2) is 0 Å². The van der Waals surface area contributed by atoms with Crippen molar-refractivity contribution in [2.24, 2.45) is 0 Å². The Morgan fingerprint density at radius 3 is 2.43 bits per heavy atom. The first kappa shape index (κ1) is 25.4. The van der Waals surface area contributed by atoms with Crippen LogP contribution in [0.1, 0.15) is 11.1 Å². The van der Waals surface area contributed by atoms with E-state index in [-0.39, 0.29) is 5.57 Å². The highest BCUT2D eigenvalue weighted by Crippen LogP contribution is 2.29. The van der Waals surface area contributed by atoms with Crippen molar-refractivity contribution < 1.29 is 19.0 Å². The molecule has 0 aliphatic rings. The number of aromatic nitrogens is 2. The van der Waals surface area contributed by atoms with Crippen LogP contribution in [0.5, 0.6) is 17.2 Å². The largest absolute Gasteiger partial charge is 0.497 e. The van der Waals surface area contributed by atoms with Gasteiger partial charge in [-0.15, -0.1) is 10.2 Å². The summed E-state index contributed by atoms with van der Waals surface area (Å²) in [7, 11) is 1.60. The number of benzene rings is 3. The first-order chi connectivity index (χ1) is 18.1. The first-order valence-electron chi connectivity index (χ1n) is 11.4. The minimum Gasteiger partial charge on any atom is -0.497 e. The van der Waals surface area contributed by atoms with E-state index in [1.54, 1.807) is 37.4 Å². The van der Waals surface area contributed by atoms with Crippen LogP contribution in [-0.2, 0) is 4.79 Å². The molecule has 1 aromatic heterocycles. The van der Waals surface area contributed by atoms with Gasteiger partial charge in [-0.25, -0.2) is 0 Å². The molecule has 1 heterocycles. The Bertz CT molecular complexity index is 1440. The third-order valence-corrected chi connectivity index (χ3v) is 6.11. The van der Waals surface area contributed by atoms with Crippen molar-refractivity contribution in [3.8, 4) is 33.9 Å². The number of nitriles is 1. The van der Waals surface area contributed by atoms with Crippen LogP contribution >= 0.6 is 11.3 Å². The summed E-state index contributed by atoms with van der Waals surface area (Å²) in [5.41, 5.74) is 2.65. The third-order valence-electron chi connectivity index (χ3n) is 5.24. The molecule has 4 aromatic rings. The molecule has 8 nitrogen and oxygen atoms in total. The fourth-order valence-corrected chi connectivity index (χ4v) is 4.17. The van der Waals surface area contributed by atoms with Crippen LogP contribution in [0, 0.1) is 18.3 Å². The molecule has 0 aliphatic carbocycles. The highest BCUT2D eigenvalue weighted by atomic mass is 32.1. The SMILES string of the molecule is COc1cccc(OCCOc2ccc(C=C(C#N)C(=O)Nc3nnc(-c4ccccc4C)s3)cc2)c1. The van der Waals surface area contributed by atoms with E-state index in [2.05, 4.69) is 15.5 Å². The van der Waals surface area contributed by atoms with Gasteiger partial charge in [0.2, 0.25) is 5.13 Å². The molecule has 186 valence electrons. The van der Waals surface area contributed by atoms with Gasteiger partial charge >= 0.3 is 0 Å². The van der Waals surface area contributed by atoms with E-state index < -0.39 is 5.91 Å². The number of carbonyl (C=O) groups is 1. The minimum atomic E-state index is -0.551. The number of carbonyl (C=O) groups excluding carboxylic acids is 1. The number of nitrogens with one attached hydrogen (secondary N) is 1. The van der Waals surface area contributed by atoms with Crippen molar-refractivity contribution in [1.29, 1.82) is 5.26 Å². The van der Waals surface area contributed by atoms with Gasteiger partial charge in [-0.05, 0) is 48.4 Å². The lowest BCUT2D eigenvalue weighted by atomic mass is 10.1. The quantitative estimate of drug-likeness (QED) is 0.169. The number of methoxy groups -OCH3 is 1. The Morgan fingerprint density at radius 2 is 1.70 bits per heavy atom. The van der Waals surface area contributed by atoms with Gasteiger partial charge in [-0.1, -0.05) is 53.8 Å². The van der Waals surface area contributed by atoms with E-state index in [1.165, 1.54) is 17.4 Å². The maximum Gasteiger partial charge on any atom is 0.268 e.